The largest absolute Gasteiger partial charge is 0.466 e. The summed E-state index contributed by atoms with van der Waals surface area (Å²) < 4.78 is 57.0. The molecule has 2 aromatic rings. The monoisotopic (exact) mass is 301 g/mol. The number of nitrogens with two attached hydrogens (primary N) is 1. The van der Waals surface area contributed by atoms with Gasteiger partial charge in [-0.05, 0) is 44.0 Å². The molecule has 6 heteroatoms. The highest BCUT2D eigenvalue weighted by Gasteiger charge is 2.35. The number of hydrogen-bond acceptors (Lipinski definition) is 2. The van der Waals surface area contributed by atoms with E-state index < -0.39 is 23.6 Å². The number of furan rings is 1. The van der Waals surface area contributed by atoms with Crippen molar-refractivity contribution in [1.29, 1.82) is 0 Å². The summed E-state index contributed by atoms with van der Waals surface area (Å²) in [6, 6.07) is 2.00. The quantitative estimate of drug-likeness (QED) is 0.834. The maximum Gasteiger partial charge on any atom is 0.419 e. The van der Waals surface area contributed by atoms with Crippen LogP contribution in [0.15, 0.2) is 22.6 Å². The van der Waals surface area contributed by atoms with Gasteiger partial charge in [-0.1, -0.05) is 6.07 Å². The zero-order valence-corrected chi connectivity index (χ0v) is 11.8. The fraction of sp³-hybridized carbons (Fsp3) is 0.333. The number of alkyl halides is 3. The number of benzene rings is 1. The Labute approximate surface area is 119 Å². The molecule has 1 aromatic heterocycles. The van der Waals surface area contributed by atoms with Gasteiger partial charge in [0.2, 0.25) is 0 Å². The minimum Gasteiger partial charge on any atom is -0.466 e. The molecule has 0 bridgehead atoms. The van der Waals surface area contributed by atoms with Crippen molar-refractivity contribution in [3.05, 3.63) is 57.8 Å². The minimum absolute atomic E-state index is 0.190. The number of aryl methyl sites for hydroxylation is 2. The second-order valence-electron chi connectivity index (χ2n) is 4.97. The predicted molar refractivity (Wildman–Crippen MR) is 70.4 cm³/mol. The van der Waals surface area contributed by atoms with E-state index in [1.165, 1.54) is 6.07 Å². The topological polar surface area (TPSA) is 39.2 Å². The maximum absolute atomic E-state index is 13.3. The van der Waals surface area contributed by atoms with Gasteiger partial charge < -0.3 is 10.2 Å². The van der Waals surface area contributed by atoms with Crippen LogP contribution in [0.4, 0.5) is 17.6 Å². The van der Waals surface area contributed by atoms with Gasteiger partial charge in [-0.3, -0.25) is 0 Å². The molecule has 0 amide bonds. The first kappa shape index (κ1) is 15.6. The molecule has 114 valence electrons. The Morgan fingerprint density at radius 3 is 2.19 bits per heavy atom. The molecule has 1 heterocycles. The Balaban J connectivity index is 2.52. The lowest BCUT2D eigenvalue weighted by Gasteiger charge is -2.16. The Hall–Kier alpha value is -1.82. The van der Waals surface area contributed by atoms with Crippen molar-refractivity contribution in [1.82, 2.24) is 0 Å². The van der Waals surface area contributed by atoms with Gasteiger partial charge in [0, 0.05) is 5.56 Å². The fourth-order valence-electron chi connectivity index (χ4n) is 2.39. The second kappa shape index (κ2) is 5.18. The Morgan fingerprint density at radius 1 is 1.10 bits per heavy atom. The van der Waals surface area contributed by atoms with Gasteiger partial charge in [0.15, 0.2) is 0 Å². The average molecular weight is 301 g/mol. The van der Waals surface area contributed by atoms with Gasteiger partial charge in [0.05, 0.1) is 11.6 Å². The lowest BCUT2D eigenvalue weighted by atomic mass is 9.95. The highest BCUT2D eigenvalue weighted by molar-refractivity contribution is 5.41. The molecule has 0 fully saturated rings. The zero-order valence-electron chi connectivity index (χ0n) is 11.8. The van der Waals surface area contributed by atoms with E-state index in [-0.39, 0.29) is 5.56 Å². The normalized spacial score (nSPS) is 13.5. The van der Waals surface area contributed by atoms with Crippen molar-refractivity contribution in [2.45, 2.75) is 33.0 Å². The molecule has 0 saturated carbocycles. The van der Waals surface area contributed by atoms with Gasteiger partial charge >= 0.3 is 6.18 Å². The molecule has 1 aromatic carbocycles. The van der Waals surface area contributed by atoms with Crippen molar-refractivity contribution >= 4 is 0 Å². The summed E-state index contributed by atoms with van der Waals surface area (Å²) in [7, 11) is 0. The zero-order chi connectivity index (χ0) is 15.9. The van der Waals surface area contributed by atoms with Gasteiger partial charge in [0.1, 0.15) is 17.3 Å². The van der Waals surface area contributed by atoms with E-state index in [4.69, 9.17) is 10.2 Å². The van der Waals surface area contributed by atoms with Crippen LogP contribution in [0.25, 0.3) is 0 Å². The molecule has 0 saturated heterocycles. The molecule has 0 aliphatic heterocycles. The predicted octanol–water partition coefficient (Wildman–Crippen LogP) is 4.41. The maximum atomic E-state index is 13.3. The van der Waals surface area contributed by atoms with Crippen molar-refractivity contribution in [2.24, 2.45) is 5.73 Å². The van der Waals surface area contributed by atoms with Crippen LogP contribution in [0.2, 0.25) is 0 Å². The van der Waals surface area contributed by atoms with E-state index in [2.05, 4.69) is 0 Å². The molecule has 0 radical (unpaired) electrons. The molecule has 21 heavy (non-hydrogen) atoms. The highest BCUT2D eigenvalue weighted by Crippen LogP contribution is 2.35. The van der Waals surface area contributed by atoms with E-state index in [1.807, 2.05) is 0 Å². The summed E-state index contributed by atoms with van der Waals surface area (Å²) in [5.74, 6) is -0.0956. The molecule has 1 unspecified atom stereocenters. The summed E-state index contributed by atoms with van der Waals surface area (Å²) in [5, 5.41) is 0. The highest BCUT2D eigenvalue weighted by atomic mass is 19.4. The summed E-state index contributed by atoms with van der Waals surface area (Å²) in [6.07, 6.45) is -4.75. The fourth-order valence-corrected chi connectivity index (χ4v) is 2.39. The van der Waals surface area contributed by atoms with E-state index in [1.54, 1.807) is 20.8 Å². The van der Waals surface area contributed by atoms with Crippen LogP contribution in [0.1, 0.15) is 39.8 Å². The number of hydrogen-bond donors (Lipinski definition) is 1. The van der Waals surface area contributed by atoms with Crippen LogP contribution in [-0.4, -0.2) is 0 Å². The van der Waals surface area contributed by atoms with Crippen LogP contribution in [-0.2, 0) is 6.18 Å². The first-order valence-corrected chi connectivity index (χ1v) is 6.31. The Morgan fingerprint density at radius 2 is 1.71 bits per heavy atom. The summed E-state index contributed by atoms with van der Waals surface area (Å²) in [5.41, 5.74) is 6.34. The van der Waals surface area contributed by atoms with Crippen LogP contribution in [0, 0.1) is 26.6 Å². The van der Waals surface area contributed by atoms with Crippen molar-refractivity contribution in [3.63, 3.8) is 0 Å². The summed E-state index contributed by atoms with van der Waals surface area (Å²) in [4.78, 5) is 0. The number of halogens is 4. The van der Waals surface area contributed by atoms with Crippen LogP contribution in [0.3, 0.4) is 0 Å². The molecular weight excluding hydrogens is 286 g/mol. The smallest absolute Gasteiger partial charge is 0.419 e. The Bertz CT molecular complexity index is 673. The SMILES string of the molecule is Cc1oc(C)c(C(N)c2ccc(F)c(C(F)(F)F)c2)c1C. The summed E-state index contributed by atoms with van der Waals surface area (Å²) >= 11 is 0. The molecule has 0 spiro atoms. The minimum atomic E-state index is -4.75. The van der Waals surface area contributed by atoms with Crippen LogP contribution < -0.4 is 5.73 Å². The first-order valence-electron chi connectivity index (χ1n) is 6.31. The van der Waals surface area contributed by atoms with Crippen molar-refractivity contribution in [3.8, 4) is 0 Å². The lowest BCUT2D eigenvalue weighted by Crippen LogP contribution is -2.16. The Kier molecular flexibility index (Phi) is 3.84. The van der Waals surface area contributed by atoms with Crippen molar-refractivity contribution < 1.29 is 22.0 Å². The number of rotatable bonds is 2. The second-order valence-corrected chi connectivity index (χ2v) is 4.97. The molecule has 0 aliphatic rings. The molecular formula is C15H15F4NO. The van der Waals surface area contributed by atoms with Crippen LogP contribution in [0.5, 0.6) is 0 Å². The third-order valence-electron chi connectivity index (χ3n) is 3.58. The van der Waals surface area contributed by atoms with Gasteiger partial charge in [-0.25, -0.2) is 4.39 Å². The molecule has 0 aliphatic carbocycles. The third-order valence-corrected chi connectivity index (χ3v) is 3.58. The van der Waals surface area contributed by atoms with Gasteiger partial charge in [-0.2, -0.15) is 13.2 Å². The molecule has 1 atom stereocenters. The van der Waals surface area contributed by atoms with Gasteiger partial charge in [0.25, 0.3) is 0 Å². The van der Waals surface area contributed by atoms with Crippen LogP contribution >= 0.6 is 0 Å². The van der Waals surface area contributed by atoms with E-state index in [0.29, 0.717) is 17.1 Å². The molecule has 2 nitrogen and oxygen atoms in total. The average Bonchev–Trinajstić information content (AvgIpc) is 2.61. The molecule has 2 rings (SSSR count). The third kappa shape index (κ3) is 2.81. The van der Waals surface area contributed by atoms with Crippen molar-refractivity contribution in [2.75, 3.05) is 0 Å². The first-order chi connectivity index (χ1) is 9.62. The van der Waals surface area contributed by atoms with E-state index >= 15 is 0 Å². The lowest BCUT2D eigenvalue weighted by molar-refractivity contribution is -0.140. The van der Waals surface area contributed by atoms with Gasteiger partial charge in [-0.15, -0.1) is 0 Å². The standard InChI is InChI=1S/C15H15F4NO/c1-7-8(2)21-9(3)13(7)14(20)10-4-5-12(16)11(6-10)15(17,18)19/h4-6,14H,20H2,1-3H3. The van der Waals surface area contributed by atoms with E-state index in [0.717, 1.165) is 17.7 Å². The van der Waals surface area contributed by atoms with E-state index in [9.17, 15) is 17.6 Å². The molecule has 2 N–H and O–H groups in total. The summed E-state index contributed by atoms with van der Waals surface area (Å²) in [6.45, 7) is 5.24.